The van der Waals surface area contributed by atoms with Gasteiger partial charge in [0.05, 0.1) is 0 Å². The van der Waals surface area contributed by atoms with E-state index >= 15 is 0 Å². The Morgan fingerprint density at radius 3 is 3.00 bits per heavy atom. The predicted molar refractivity (Wildman–Crippen MR) is 97.1 cm³/mol. The zero-order valence-corrected chi connectivity index (χ0v) is 14.9. The van der Waals surface area contributed by atoms with Crippen molar-refractivity contribution in [1.29, 1.82) is 0 Å². The average molecular weight is 334 g/mol. The normalized spacial score (nSPS) is 29.3. The fourth-order valence-electron chi connectivity index (χ4n) is 4.01. The molecule has 3 fully saturated rings. The SMILES string of the molecule is CC[C@H]1CN2CC[C@H]1C[C@@H]2CNC(=O)Nc1cccc(SC)c1. The van der Waals surface area contributed by atoms with Crippen LogP contribution in [0.5, 0.6) is 0 Å². The number of carbonyl (C=O) groups is 1. The molecule has 0 spiro atoms. The smallest absolute Gasteiger partial charge is 0.319 e. The average Bonchev–Trinajstić information content (AvgIpc) is 2.60. The van der Waals surface area contributed by atoms with E-state index in [4.69, 9.17) is 0 Å². The third-order valence-electron chi connectivity index (χ3n) is 5.36. The van der Waals surface area contributed by atoms with Gasteiger partial charge >= 0.3 is 6.03 Å². The minimum atomic E-state index is -0.0991. The number of piperidine rings is 3. The molecule has 2 N–H and O–H groups in total. The topological polar surface area (TPSA) is 44.4 Å². The lowest BCUT2D eigenvalue weighted by Gasteiger charge is -2.49. The largest absolute Gasteiger partial charge is 0.336 e. The molecule has 1 aromatic rings. The summed E-state index contributed by atoms with van der Waals surface area (Å²) in [5.74, 6) is 1.72. The molecule has 1 unspecified atom stereocenters. The van der Waals surface area contributed by atoms with Gasteiger partial charge in [0.1, 0.15) is 0 Å². The molecule has 23 heavy (non-hydrogen) atoms. The summed E-state index contributed by atoms with van der Waals surface area (Å²) < 4.78 is 0. The summed E-state index contributed by atoms with van der Waals surface area (Å²) in [6, 6.07) is 8.36. The van der Waals surface area contributed by atoms with Crippen LogP contribution in [-0.4, -0.2) is 42.9 Å². The number of thioether (sulfide) groups is 1. The molecule has 4 rings (SSSR count). The third kappa shape index (κ3) is 4.01. The Bertz CT molecular complexity index is 551. The van der Waals surface area contributed by atoms with Gasteiger partial charge in [-0.25, -0.2) is 4.79 Å². The number of nitrogens with zero attached hydrogens (tertiary/aromatic N) is 1. The molecule has 2 bridgehead atoms. The van der Waals surface area contributed by atoms with Crippen LogP contribution in [0.4, 0.5) is 10.5 Å². The molecule has 3 heterocycles. The Morgan fingerprint density at radius 2 is 2.30 bits per heavy atom. The number of benzene rings is 1. The third-order valence-corrected chi connectivity index (χ3v) is 6.09. The van der Waals surface area contributed by atoms with Crippen molar-refractivity contribution in [3.8, 4) is 0 Å². The van der Waals surface area contributed by atoms with Crippen molar-refractivity contribution in [2.24, 2.45) is 11.8 Å². The van der Waals surface area contributed by atoms with Gasteiger partial charge < -0.3 is 10.6 Å². The van der Waals surface area contributed by atoms with E-state index in [1.54, 1.807) is 11.8 Å². The van der Waals surface area contributed by atoms with Gasteiger partial charge in [0, 0.05) is 29.7 Å². The lowest BCUT2D eigenvalue weighted by atomic mass is 9.74. The van der Waals surface area contributed by atoms with Crippen molar-refractivity contribution in [1.82, 2.24) is 10.2 Å². The second kappa shape index (κ2) is 7.58. The summed E-state index contributed by atoms with van der Waals surface area (Å²) in [7, 11) is 0. The molecule has 3 aliphatic rings. The fraction of sp³-hybridized carbons (Fsp3) is 0.611. The number of anilines is 1. The Labute approximate surface area is 143 Å². The molecule has 0 aliphatic carbocycles. The van der Waals surface area contributed by atoms with Crippen LogP contribution >= 0.6 is 11.8 Å². The standard InChI is InChI=1S/C18H27N3OS/c1-3-13-12-21-8-7-14(13)9-16(21)11-19-18(22)20-15-5-4-6-17(10-15)23-2/h4-6,10,13-14,16H,3,7-9,11-12H2,1-2H3,(H2,19,20,22)/t13-,14-,16+/m0/s1. The lowest BCUT2D eigenvalue weighted by molar-refractivity contribution is 0.00159. The maximum absolute atomic E-state index is 12.1. The zero-order valence-electron chi connectivity index (χ0n) is 14.0. The molecule has 4 nitrogen and oxygen atoms in total. The van der Waals surface area contributed by atoms with Gasteiger partial charge in [0.25, 0.3) is 0 Å². The number of hydrogen-bond acceptors (Lipinski definition) is 3. The van der Waals surface area contributed by atoms with E-state index in [1.807, 2.05) is 30.5 Å². The quantitative estimate of drug-likeness (QED) is 0.809. The molecular weight excluding hydrogens is 306 g/mol. The number of urea groups is 1. The monoisotopic (exact) mass is 333 g/mol. The zero-order chi connectivity index (χ0) is 16.2. The highest BCUT2D eigenvalue weighted by molar-refractivity contribution is 7.98. The van der Waals surface area contributed by atoms with Crippen LogP contribution in [0.2, 0.25) is 0 Å². The first-order valence-corrected chi connectivity index (χ1v) is 9.85. The van der Waals surface area contributed by atoms with Crippen molar-refractivity contribution in [3.05, 3.63) is 24.3 Å². The Balaban J connectivity index is 1.48. The van der Waals surface area contributed by atoms with E-state index in [1.165, 1.54) is 32.4 Å². The van der Waals surface area contributed by atoms with Gasteiger partial charge in [-0.3, -0.25) is 4.90 Å². The minimum Gasteiger partial charge on any atom is -0.336 e. The van der Waals surface area contributed by atoms with Crippen LogP contribution in [0.25, 0.3) is 0 Å². The second-order valence-corrected chi connectivity index (χ2v) is 7.55. The van der Waals surface area contributed by atoms with Gasteiger partial charge in [0.15, 0.2) is 0 Å². The van der Waals surface area contributed by atoms with Crippen molar-refractivity contribution in [2.75, 3.05) is 31.2 Å². The van der Waals surface area contributed by atoms with E-state index in [2.05, 4.69) is 22.5 Å². The highest BCUT2D eigenvalue weighted by Crippen LogP contribution is 2.37. The highest BCUT2D eigenvalue weighted by Gasteiger charge is 2.38. The van der Waals surface area contributed by atoms with Crippen molar-refractivity contribution in [2.45, 2.75) is 37.1 Å². The van der Waals surface area contributed by atoms with E-state index < -0.39 is 0 Å². The van der Waals surface area contributed by atoms with Crippen LogP contribution in [0, 0.1) is 11.8 Å². The first-order valence-electron chi connectivity index (χ1n) is 8.62. The molecule has 5 heteroatoms. The van der Waals surface area contributed by atoms with E-state index in [-0.39, 0.29) is 6.03 Å². The van der Waals surface area contributed by atoms with Crippen molar-refractivity contribution >= 4 is 23.5 Å². The van der Waals surface area contributed by atoms with Crippen molar-refractivity contribution < 1.29 is 4.79 Å². The summed E-state index contributed by atoms with van der Waals surface area (Å²) in [5.41, 5.74) is 0.853. The van der Waals surface area contributed by atoms with Crippen LogP contribution in [0.15, 0.2) is 29.2 Å². The highest BCUT2D eigenvalue weighted by atomic mass is 32.2. The van der Waals surface area contributed by atoms with Gasteiger partial charge in [-0.2, -0.15) is 0 Å². The van der Waals surface area contributed by atoms with Gasteiger partial charge in [-0.05, 0) is 55.7 Å². The first kappa shape index (κ1) is 16.7. The summed E-state index contributed by atoms with van der Waals surface area (Å²) in [5, 5.41) is 6.00. The van der Waals surface area contributed by atoms with Gasteiger partial charge in [-0.1, -0.05) is 19.4 Å². The Hall–Kier alpha value is -1.20. The van der Waals surface area contributed by atoms with E-state index in [0.717, 1.165) is 29.0 Å². The molecule has 2 amide bonds. The molecule has 3 aliphatic heterocycles. The molecule has 126 valence electrons. The maximum atomic E-state index is 12.1. The number of nitrogens with one attached hydrogen (secondary N) is 2. The lowest BCUT2D eigenvalue weighted by Crippen LogP contribution is -2.56. The number of rotatable bonds is 5. The van der Waals surface area contributed by atoms with Crippen molar-refractivity contribution in [3.63, 3.8) is 0 Å². The summed E-state index contributed by atoms with van der Waals surface area (Å²) >= 11 is 1.68. The number of amides is 2. The van der Waals surface area contributed by atoms with Crippen LogP contribution in [0.1, 0.15) is 26.2 Å². The molecule has 0 saturated carbocycles. The van der Waals surface area contributed by atoms with Crippen LogP contribution in [-0.2, 0) is 0 Å². The summed E-state index contributed by atoms with van der Waals surface area (Å²) in [6.07, 6.45) is 5.90. The maximum Gasteiger partial charge on any atom is 0.319 e. The molecule has 4 atom stereocenters. The van der Waals surface area contributed by atoms with Crippen LogP contribution < -0.4 is 10.6 Å². The molecule has 0 aromatic heterocycles. The summed E-state index contributed by atoms with van der Waals surface area (Å²) in [6.45, 7) is 5.46. The number of carbonyl (C=O) groups excluding carboxylic acids is 1. The Morgan fingerprint density at radius 1 is 1.43 bits per heavy atom. The van der Waals surface area contributed by atoms with Crippen LogP contribution in [0.3, 0.4) is 0 Å². The molecular formula is C18H27N3OS. The number of fused-ring (bicyclic) bond motifs is 3. The van der Waals surface area contributed by atoms with E-state index in [0.29, 0.717) is 6.04 Å². The second-order valence-electron chi connectivity index (χ2n) is 6.67. The summed E-state index contributed by atoms with van der Waals surface area (Å²) in [4.78, 5) is 15.9. The first-order chi connectivity index (χ1) is 11.2. The fourth-order valence-corrected chi connectivity index (χ4v) is 4.47. The van der Waals surface area contributed by atoms with Gasteiger partial charge in [-0.15, -0.1) is 11.8 Å². The number of hydrogen-bond donors (Lipinski definition) is 2. The predicted octanol–water partition coefficient (Wildman–Crippen LogP) is 3.65. The van der Waals surface area contributed by atoms with Gasteiger partial charge in [0.2, 0.25) is 0 Å². The van der Waals surface area contributed by atoms with E-state index in [9.17, 15) is 4.79 Å². The molecule has 1 aromatic carbocycles. The molecule has 3 saturated heterocycles. The molecule has 0 radical (unpaired) electrons. The minimum absolute atomic E-state index is 0.0991. The Kier molecular flexibility index (Phi) is 5.49.